The Kier molecular flexibility index (Phi) is 5.97. The van der Waals surface area contributed by atoms with Crippen LogP contribution >= 0.6 is 15.9 Å². The molecular weight excluding hydrogens is 324 g/mol. The quantitative estimate of drug-likeness (QED) is 0.709. The molecule has 0 radical (unpaired) electrons. The van der Waals surface area contributed by atoms with Crippen LogP contribution in [0.15, 0.2) is 16.6 Å². The standard InChI is InChI=1S/C16H22BrF2N/c1-20-16(8-7-11-5-3-2-4-6-11)12-9-15(19)13(17)10-14(12)18/h9-11,16,20H,2-8H2,1H3. The smallest absolute Gasteiger partial charge is 0.137 e. The zero-order valence-corrected chi connectivity index (χ0v) is 13.5. The molecule has 2 rings (SSSR count). The van der Waals surface area contributed by atoms with Gasteiger partial charge in [-0.3, -0.25) is 0 Å². The van der Waals surface area contributed by atoms with Crippen LogP contribution in [0.4, 0.5) is 8.78 Å². The third-order valence-electron chi connectivity index (χ3n) is 4.35. The van der Waals surface area contributed by atoms with Crippen LogP contribution in [0.2, 0.25) is 0 Å². The molecule has 1 aliphatic carbocycles. The van der Waals surface area contributed by atoms with Crippen molar-refractivity contribution in [1.29, 1.82) is 0 Å². The van der Waals surface area contributed by atoms with Gasteiger partial charge in [0, 0.05) is 11.6 Å². The summed E-state index contributed by atoms with van der Waals surface area (Å²) in [6.07, 6.45) is 8.49. The second kappa shape index (κ2) is 7.51. The first kappa shape index (κ1) is 15.9. The van der Waals surface area contributed by atoms with Crippen molar-refractivity contribution in [3.63, 3.8) is 0 Å². The third kappa shape index (κ3) is 4.01. The minimum atomic E-state index is -0.403. The topological polar surface area (TPSA) is 12.0 Å². The second-order valence-electron chi connectivity index (χ2n) is 5.71. The normalized spacial score (nSPS) is 18.2. The molecule has 1 saturated carbocycles. The largest absolute Gasteiger partial charge is 0.313 e. The van der Waals surface area contributed by atoms with Crippen LogP contribution in [-0.4, -0.2) is 7.05 Å². The molecule has 0 aliphatic heterocycles. The molecule has 0 spiro atoms. The Morgan fingerprint density at radius 1 is 1.20 bits per heavy atom. The number of hydrogen-bond donors (Lipinski definition) is 1. The van der Waals surface area contributed by atoms with Crippen LogP contribution in [0.3, 0.4) is 0 Å². The van der Waals surface area contributed by atoms with Gasteiger partial charge in [0.05, 0.1) is 4.47 Å². The number of benzene rings is 1. The summed E-state index contributed by atoms with van der Waals surface area (Å²) in [5.74, 6) is 0.00328. The van der Waals surface area contributed by atoms with E-state index in [0.717, 1.165) is 18.8 Å². The predicted molar refractivity (Wildman–Crippen MR) is 81.7 cm³/mol. The van der Waals surface area contributed by atoms with E-state index >= 15 is 0 Å². The Hall–Kier alpha value is -0.480. The van der Waals surface area contributed by atoms with E-state index in [1.54, 1.807) is 0 Å². The maximum Gasteiger partial charge on any atom is 0.137 e. The lowest BCUT2D eigenvalue weighted by Crippen LogP contribution is -2.19. The van der Waals surface area contributed by atoms with Crippen molar-refractivity contribution < 1.29 is 8.78 Å². The molecule has 1 unspecified atom stereocenters. The lowest BCUT2D eigenvalue weighted by Gasteiger charge is -2.24. The van der Waals surface area contributed by atoms with E-state index < -0.39 is 5.82 Å². The van der Waals surface area contributed by atoms with E-state index in [4.69, 9.17) is 0 Å². The van der Waals surface area contributed by atoms with Gasteiger partial charge >= 0.3 is 0 Å². The van der Waals surface area contributed by atoms with Gasteiger partial charge in [-0.25, -0.2) is 8.78 Å². The number of hydrogen-bond acceptors (Lipinski definition) is 1. The summed E-state index contributed by atoms with van der Waals surface area (Å²) < 4.78 is 27.8. The van der Waals surface area contributed by atoms with Crippen LogP contribution < -0.4 is 5.32 Å². The molecule has 0 aromatic heterocycles. The minimum Gasteiger partial charge on any atom is -0.313 e. The first-order valence-electron chi connectivity index (χ1n) is 7.43. The van der Waals surface area contributed by atoms with Crippen LogP contribution in [0.5, 0.6) is 0 Å². The summed E-state index contributed by atoms with van der Waals surface area (Å²) in [7, 11) is 1.81. The molecule has 0 saturated heterocycles. The van der Waals surface area contributed by atoms with E-state index in [1.807, 2.05) is 7.05 Å². The lowest BCUT2D eigenvalue weighted by atomic mass is 9.84. The lowest BCUT2D eigenvalue weighted by molar-refractivity contribution is 0.315. The van der Waals surface area contributed by atoms with Crippen LogP contribution in [-0.2, 0) is 0 Å². The highest BCUT2D eigenvalue weighted by Crippen LogP contribution is 2.32. The summed E-state index contributed by atoms with van der Waals surface area (Å²) in [5.41, 5.74) is 0.434. The highest BCUT2D eigenvalue weighted by molar-refractivity contribution is 9.10. The monoisotopic (exact) mass is 345 g/mol. The van der Waals surface area contributed by atoms with Crippen LogP contribution in [0.1, 0.15) is 56.6 Å². The Bertz CT molecular complexity index is 444. The summed E-state index contributed by atoms with van der Waals surface area (Å²) in [6, 6.07) is 2.41. The molecule has 0 heterocycles. The third-order valence-corrected chi connectivity index (χ3v) is 4.96. The van der Waals surface area contributed by atoms with Gasteiger partial charge in [-0.1, -0.05) is 32.1 Å². The van der Waals surface area contributed by atoms with Crippen molar-refractivity contribution in [3.05, 3.63) is 33.8 Å². The first-order valence-corrected chi connectivity index (χ1v) is 8.22. The second-order valence-corrected chi connectivity index (χ2v) is 6.56. The fraction of sp³-hybridized carbons (Fsp3) is 0.625. The molecule has 1 atom stereocenters. The van der Waals surface area contributed by atoms with Crippen molar-refractivity contribution in [3.8, 4) is 0 Å². The fourth-order valence-corrected chi connectivity index (χ4v) is 3.45. The van der Waals surface area contributed by atoms with Gasteiger partial charge in [-0.05, 0) is 53.9 Å². The molecule has 1 aromatic rings. The van der Waals surface area contributed by atoms with Gasteiger partial charge in [0.15, 0.2) is 0 Å². The number of rotatable bonds is 5. The van der Waals surface area contributed by atoms with Crippen molar-refractivity contribution in [1.82, 2.24) is 5.32 Å². The molecule has 20 heavy (non-hydrogen) atoms. The molecule has 0 amide bonds. The van der Waals surface area contributed by atoms with E-state index in [-0.39, 0.29) is 16.3 Å². The molecule has 0 bridgehead atoms. The van der Waals surface area contributed by atoms with Gasteiger partial charge < -0.3 is 5.32 Å². The van der Waals surface area contributed by atoms with Crippen molar-refractivity contribution in [2.75, 3.05) is 7.05 Å². The Labute approximate surface area is 128 Å². The molecule has 112 valence electrons. The van der Waals surface area contributed by atoms with Gasteiger partial charge in [0.25, 0.3) is 0 Å². The number of halogens is 3. The maximum absolute atomic E-state index is 14.0. The zero-order valence-electron chi connectivity index (χ0n) is 11.9. The van der Waals surface area contributed by atoms with E-state index in [2.05, 4.69) is 21.2 Å². The SMILES string of the molecule is CNC(CCC1CCCCC1)c1cc(F)c(Br)cc1F. The Balaban J connectivity index is 2.02. The van der Waals surface area contributed by atoms with Gasteiger partial charge in [0.1, 0.15) is 11.6 Å². The average Bonchev–Trinajstić information content (AvgIpc) is 2.46. The molecule has 1 nitrogen and oxygen atoms in total. The molecular formula is C16H22BrF2N. The van der Waals surface area contributed by atoms with E-state index in [1.165, 1.54) is 44.2 Å². The van der Waals surface area contributed by atoms with E-state index in [9.17, 15) is 8.78 Å². The van der Waals surface area contributed by atoms with Crippen molar-refractivity contribution in [2.24, 2.45) is 5.92 Å². The molecule has 1 aromatic carbocycles. The van der Waals surface area contributed by atoms with Gasteiger partial charge in [0.2, 0.25) is 0 Å². The van der Waals surface area contributed by atoms with Gasteiger partial charge in [-0.2, -0.15) is 0 Å². The molecule has 1 N–H and O–H groups in total. The van der Waals surface area contributed by atoms with Crippen molar-refractivity contribution in [2.45, 2.75) is 51.0 Å². The average molecular weight is 346 g/mol. The highest BCUT2D eigenvalue weighted by atomic mass is 79.9. The van der Waals surface area contributed by atoms with Crippen molar-refractivity contribution >= 4 is 15.9 Å². The minimum absolute atomic E-state index is 0.112. The summed E-state index contributed by atoms with van der Waals surface area (Å²) >= 11 is 3.02. The highest BCUT2D eigenvalue weighted by Gasteiger charge is 2.20. The molecule has 4 heteroatoms. The fourth-order valence-electron chi connectivity index (χ4n) is 3.14. The zero-order chi connectivity index (χ0) is 14.5. The number of nitrogens with one attached hydrogen (secondary N) is 1. The van der Waals surface area contributed by atoms with E-state index in [0.29, 0.717) is 5.56 Å². The van der Waals surface area contributed by atoms with Gasteiger partial charge in [-0.15, -0.1) is 0 Å². The maximum atomic E-state index is 14.0. The van der Waals surface area contributed by atoms with Crippen LogP contribution in [0, 0.1) is 17.6 Å². The molecule has 1 fully saturated rings. The summed E-state index contributed by atoms with van der Waals surface area (Å²) in [4.78, 5) is 0. The summed E-state index contributed by atoms with van der Waals surface area (Å²) in [6.45, 7) is 0. The molecule has 1 aliphatic rings. The summed E-state index contributed by atoms with van der Waals surface area (Å²) in [5, 5.41) is 3.12. The predicted octanol–water partition coefficient (Wildman–Crippen LogP) is 5.35. The first-order chi connectivity index (χ1) is 9.61. The van der Waals surface area contributed by atoms with Crippen LogP contribution in [0.25, 0.3) is 0 Å². The Morgan fingerprint density at radius 3 is 2.55 bits per heavy atom. The Morgan fingerprint density at radius 2 is 1.90 bits per heavy atom.